The molecule has 0 radical (unpaired) electrons. The third-order valence-corrected chi connectivity index (χ3v) is 5.84. The fourth-order valence-electron chi connectivity index (χ4n) is 4.15. The molecule has 1 N–H and O–H groups in total. The van der Waals surface area contributed by atoms with Crippen molar-refractivity contribution in [3.8, 4) is 5.95 Å². The van der Waals surface area contributed by atoms with Crippen LogP contribution in [0.5, 0.6) is 0 Å². The number of unbranched alkanes of at least 4 members (excludes halogenated alkanes) is 1. The number of aromatic nitrogens is 3. The highest BCUT2D eigenvalue weighted by Crippen LogP contribution is 2.30. The minimum Gasteiger partial charge on any atom is -0.351 e. The highest BCUT2D eigenvalue weighted by Gasteiger charge is 2.24. The number of carbonyl (C=O) groups excluding carboxylic acids is 1. The fraction of sp³-hybridized carbons (Fsp3) is 0.480. The second-order valence-electron chi connectivity index (χ2n) is 8.95. The van der Waals surface area contributed by atoms with E-state index in [4.69, 9.17) is 0 Å². The van der Waals surface area contributed by atoms with Crippen LogP contribution in [0.15, 0.2) is 48.9 Å². The summed E-state index contributed by atoms with van der Waals surface area (Å²) >= 11 is 0. The average Bonchev–Trinajstić information content (AvgIpc) is 3.15. The molecule has 2 heterocycles. The van der Waals surface area contributed by atoms with Gasteiger partial charge in [0.15, 0.2) is 0 Å². The number of amides is 1. The van der Waals surface area contributed by atoms with Crippen molar-refractivity contribution in [2.75, 3.05) is 6.54 Å². The van der Waals surface area contributed by atoms with Crippen LogP contribution in [-0.4, -0.2) is 27.0 Å². The Bertz CT molecular complexity index is 962. The number of nitrogens with zero attached hydrogens (tertiary/aromatic N) is 3. The third-order valence-electron chi connectivity index (χ3n) is 5.84. The first-order chi connectivity index (χ1) is 14.4. The molecule has 0 bridgehead atoms. The summed E-state index contributed by atoms with van der Waals surface area (Å²) < 4.78 is 1.88. The average molecular weight is 407 g/mol. The first-order valence-electron chi connectivity index (χ1n) is 11.1. The van der Waals surface area contributed by atoms with Gasteiger partial charge in [0.05, 0.1) is 11.1 Å². The predicted octanol–water partition coefficient (Wildman–Crippen LogP) is 5.78. The predicted molar refractivity (Wildman–Crippen MR) is 123 cm³/mol. The van der Waals surface area contributed by atoms with Gasteiger partial charge in [0.1, 0.15) is 0 Å². The summed E-state index contributed by atoms with van der Waals surface area (Å²) in [5, 5.41) is 4.10. The minimum atomic E-state index is -0.0458. The Balaban J connectivity index is 1.76. The Kier molecular flexibility index (Phi) is 7.24. The van der Waals surface area contributed by atoms with E-state index in [0.717, 1.165) is 17.3 Å². The van der Waals surface area contributed by atoms with E-state index in [0.29, 0.717) is 24.0 Å². The molecule has 160 valence electrons. The van der Waals surface area contributed by atoms with E-state index in [9.17, 15) is 4.79 Å². The van der Waals surface area contributed by atoms with Gasteiger partial charge in [0.2, 0.25) is 5.95 Å². The number of benzene rings is 1. The third kappa shape index (κ3) is 5.26. The summed E-state index contributed by atoms with van der Waals surface area (Å²) in [5.74, 6) is 1.24. The van der Waals surface area contributed by atoms with Crippen LogP contribution in [0.4, 0.5) is 0 Å². The van der Waals surface area contributed by atoms with E-state index in [1.54, 1.807) is 18.5 Å². The van der Waals surface area contributed by atoms with Crippen LogP contribution >= 0.6 is 0 Å². The first kappa shape index (κ1) is 22.0. The summed E-state index contributed by atoms with van der Waals surface area (Å²) in [4.78, 5) is 21.8. The van der Waals surface area contributed by atoms with Gasteiger partial charge in [0, 0.05) is 30.5 Å². The van der Waals surface area contributed by atoms with Crippen molar-refractivity contribution in [3.05, 3.63) is 54.5 Å². The molecule has 1 atom stereocenters. The molecule has 1 aromatic carbocycles. The van der Waals surface area contributed by atoms with Crippen molar-refractivity contribution in [2.45, 2.75) is 59.8 Å². The zero-order valence-corrected chi connectivity index (χ0v) is 18.7. The lowest BCUT2D eigenvalue weighted by atomic mass is 9.79. The summed E-state index contributed by atoms with van der Waals surface area (Å²) in [6.07, 6.45) is 11.4. The van der Waals surface area contributed by atoms with Crippen LogP contribution in [0.25, 0.3) is 16.9 Å². The topological polar surface area (TPSA) is 59.8 Å². The lowest BCUT2D eigenvalue weighted by molar-refractivity contribution is 0.0930. The van der Waals surface area contributed by atoms with Crippen molar-refractivity contribution < 1.29 is 4.79 Å². The number of carbonyl (C=O) groups is 1. The molecule has 3 rings (SSSR count). The Labute approximate surface area is 179 Å². The second kappa shape index (κ2) is 9.88. The molecule has 0 saturated carbocycles. The standard InChI is InChI=1S/C25H34N4O/c1-5-7-11-19(6-2)16-25(3,4)18-28-23(30)21-17-29(24-26-14-10-15-27-24)22-13-9-8-12-20(21)22/h8-10,12-15,17,19H,5-7,11,16,18H2,1-4H3,(H,28,30). The molecule has 1 unspecified atom stereocenters. The lowest BCUT2D eigenvalue weighted by Gasteiger charge is -2.29. The molecule has 1 amide bonds. The maximum Gasteiger partial charge on any atom is 0.253 e. The van der Waals surface area contributed by atoms with Gasteiger partial charge >= 0.3 is 0 Å². The quantitative estimate of drug-likeness (QED) is 0.464. The molecule has 0 saturated heterocycles. The lowest BCUT2D eigenvalue weighted by Crippen LogP contribution is -2.35. The van der Waals surface area contributed by atoms with Crippen LogP contribution in [-0.2, 0) is 0 Å². The maximum absolute atomic E-state index is 13.1. The van der Waals surface area contributed by atoms with Crippen molar-refractivity contribution in [1.82, 2.24) is 19.9 Å². The van der Waals surface area contributed by atoms with E-state index < -0.39 is 0 Å². The van der Waals surface area contributed by atoms with Crippen molar-refractivity contribution in [2.24, 2.45) is 11.3 Å². The van der Waals surface area contributed by atoms with E-state index >= 15 is 0 Å². The van der Waals surface area contributed by atoms with Crippen LogP contribution in [0.1, 0.15) is 70.2 Å². The molecule has 3 aromatic rings. The molecule has 0 aliphatic rings. The molecular formula is C25H34N4O. The number of hydrogen-bond acceptors (Lipinski definition) is 3. The summed E-state index contributed by atoms with van der Waals surface area (Å²) in [5.41, 5.74) is 1.65. The smallest absolute Gasteiger partial charge is 0.253 e. The van der Waals surface area contributed by atoms with Crippen LogP contribution in [0, 0.1) is 11.3 Å². The van der Waals surface area contributed by atoms with Gasteiger partial charge < -0.3 is 5.32 Å². The Morgan fingerprint density at radius 3 is 2.57 bits per heavy atom. The zero-order valence-electron chi connectivity index (χ0n) is 18.7. The number of nitrogens with one attached hydrogen (secondary N) is 1. The van der Waals surface area contributed by atoms with Crippen LogP contribution < -0.4 is 5.32 Å². The fourth-order valence-corrected chi connectivity index (χ4v) is 4.15. The van der Waals surface area contributed by atoms with E-state index in [-0.39, 0.29) is 11.3 Å². The summed E-state index contributed by atoms with van der Waals surface area (Å²) in [6, 6.07) is 9.68. The van der Waals surface area contributed by atoms with E-state index in [2.05, 4.69) is 43.0 Å². The first-order valence-corrected chi connectivity index (χ1v) is 11.1. The molecule has 0 aliphatic carbocycles. The van der Waals surface area contributed by atoms with Crippen molar-refractivity contribution in [3.63, 3.8) is 0 Å². The molecule has 0 spiro atoms. The zero-order chi connectivity index (χ0) is 21.6. The van der Waals surface area contributed by atoms with Gasteiger partial charge in [-0.3, -0.25) is 9.36 Å². The molecule has 5 nitrogen and oxygen atoms in total. The number of para-hydroxylation sites is 1. The second-order valence-corrected chi connectivity index (χ2v) is 8.95. The highest BCUT2D eigenvalue weighted by atomic mass is 16.1. The molecule has 2 aromatic heterocycles. The Morgan fingerprint density at radius 2 is 1.87 bits per heavy atom. The van der Waals surface area contributed by atoms with Crippen LogP contribution in [0.2, 0.25) is 0 Å². The van der Waals surface area contributed by atoms with Gasteiger partial charge in [-0.25, -0.2) is 9.97 Å². The summed E-state index contributed by atoms with van der Waals surface area (Å²) in [7, 11) is 0. The Hall–Kier alpha value is -2.69. The van der Waals surface area contributed by atoms with Gasteiger partial charge in [0.25, 0.3) is 5.91 Å². The van der Waals surface area contributed by atoms with Gasteiger partial charge in [-0.2, -0.15) is 0 Å². The van der Waals surface area contributed by atoms with Gasteiger partial charge in [-0.15, -0.1) is 0 Å². The molecule has 0 fully saturated rings. The van der Waals surface area contributed by atoms with Crippen molar-refractivity contribution in [1.29, 1.82) is 0 Å². The van der Waals surface area contributed by atoms with Crippen LogP contribution in [0.3, 0.4) is 0 Å². The van der Waals surface area contributed by atoms with E-state index in [1.165, 1.54) is 25.7 Å². The van der Waals surface area contributed by atoms with E-state index in [1.807, 2.05) is 35.0 Å². The summed E-state index contributed by atoms with van der Waals surface area (Å²) in [6.45, 7) is 9.69. The number of fused-ring (bicyclic) bond motifs is 1. The van der Waals surface area contributed by atoms with Gasteiger partial charge in [-0.1, -0.05) is 71.6 Å². The highest BCUT2D eigenvalue weighted by molar-refractivity contribution is 6.07. The van der Waals surface area contributed by atoms with Gasteiger partial charge in [-0.05, 0) is 29.9 Å². The van der Waals surface area contributed by atoms with Crippen molar-refractivity contribution >= 4 is 16.8 Å². The number of rotatable bonds is 10. The largest absolute Gasteiger partial charge is 0.351 e. The minimum absolute atomic E-state index is 0.0458. The SMILES string of the molecule is CCCCC(CC)CC(C)(C)CNC(=O)c1cn(-c2ncccn2)c2ccccc12. The normalized spacial score (nSPS) is 12.8. The number of hydrogen-bond donors (Lipinski definition) is 1. The Morgan fingerprint density at radius 1 is 1.13 bits per heavy atom. The molecule has 5 heteroatoms. The molecule has 30 heavy (non-hydrogen) atoms. The maximum atomic E-state index is 13.1. The monoisotopic (exact) mass is 406 g/mol. The molecular weight excluding hydrogens is 372 g/mol. The molecule has 0 aliphatic heterocycles.